The standard InChI is InChI=1S/C10H13NO/c12-10(6-7-11-8-10)9-4-2-1-3-5-9/h1-5,11-12H,6-8H2. The average Bonchev–Trinajstić information content (AvgIpc) is 2.55. The fourth-order valence-electron chi connectivity index (χ4n) is 1.67. The van der Waals surface area contributed by atoms with Crippen LogP contribution in [0.1, 0.15) is 12.0 Å². The average molecular weight is 163 g/mol. The summed E-state index contributed by atoms with van der Waals surface area (Å²) in [6.45, 7) is 1.59. The van der Waals surface area contributed by atoms with Crippen LogP contribution in [0.5, 0.6) is 0 Å². The summed E-state index contributed by atoms with van der Waals surface area (Å²) in [5.41, 5.74) is 0.399. The molecule has 1 unspecified atom stereocenters. The van der Waals surface area contributed by atoms with Gasteiger partial charge in [0.25, 0.3) is 0 Å². The molecule has 0 amide bonds. The van der Waals surface area contributed by atoms with Crippen molar-refractivity contribution >= 4 is 0 Å². The van der Waals surface area contributed by atoms with E-state index in [1.165, 1.54) is 0 Å². The van der Waals surface area contributed by atoms with E-state index in [1.54, 1.807) is 0 Å². The van der Waals surface area contributed by atoms with E-state index >= 15 is 0 Å². The van der Waals surface area contributed by atoms with Crippen molar-refractivity contribution in [2.45, 2.75) is 12.0 Å². The minimum absolute atomic E-state index is 0.624. The van der Waals surface area contributed by atoms with Gasteiger partial charge in [-0.25, -0.2) is 0 Å². The van der Waals surface area contributed by atoms with Gasteiger partial charge < -0.3 is 10.4 Å². The maximum absolute atomic E-state index is 10.1. The lowest BCUT2D eigenvalue weighted by atomic mass is 9.93. The predicted octanol–water partition coefficient (Wildman–Crippen LogP) is 0.867. The molecule has 0 bridgehead atoms. The molecule has 2 N–H and O–H groups in total. The van der Waals surface area contributed by atoms with Crippen LogP contribution in [0.2, 0.25) is 0 Å². The van der Waals surface area contributed by atoms with Crippen molar-refractivity contribution < 1.29 is 5.11 Å². The maximum atomic E-state index is 10.1. The number of aliphatic hydroxyl groups is 1. The summed E-state index contributed by atoms with van der Waals surface area (Å²) in [5, 5.41) is 13.3. The van der Waals surface area contributed by atoms with E-state index in [1.807, 2.05) is 30.3 Å². The number of benzene rings is 1. The summed E-state index contributed by atoms with van der Waals surface area (Å²) in [4.78, 5) is 0. The molecule has 1 aromatic rings. The minimum atomic E-state index is -0.624. The van der Waals surface area contributed by atoms with Crippen LogP contribution in [0.3, 0.4) is 0 Å². The Bertz CT molecular complexity index is 252. The second-order valence-corrected chi connectivity index (χ2v) is 3.32. The van der Waals surface area contributed by atoms with Gasteiger partial charge in [-0.2, -0.15) is 0 Å². The number of hydrogen-bond donors (Lipinski definition) is 2. The molecule has 1 aliphatic rings. The van der Waals surface area contributed by atoms with Crippen LogP contribution in [-0.4, -0.2) is 18.2 Å². The zero-order chi connectivity index (χ0) is 8.44. The molecule has 0 radical (unpaired) electrons. The van der Waals surface area contributed by atoms with Gasteiger partial charge in [-0.15, -0.1) is 0 Å². The summed E-state index contributed by atoms with van der Waals surface area (Å²) >= 11 is 0. The van der Waals surface area contributed by atoms with E-state index in [4.69, 9.17) is 0 Å². The van der Waals surface area contributed by atoms with Crippen molar-refractivity contribution in [1.82, 2.24) is 5.32 Å². The zero-order valence-electron chi connectivity index (χ0n) is 6.96. The smallest absolute Gasteiger partial charge is 0.103 e. The lowest BCUT2D eigenvalue weighted by Crippen LogP contribution is -2.27. The number of β-amino-alcohol motifs (C(OH)–C–C–N with tert-alkyl or cyclic N) is 1. The predicted molar refractivity (Wildman–Crippen MR) is 47.8 cm³/mol. The lowest BCUT2D eigenvalue weighted by molar-refractivity contribution is 0.0587. The molecule has 2 nitrogen and oxygen atoms in total. The molecule has 1 fully saturated rings. The first-order valence-electron chi connectivity index (χ1n) is 4.30. The zero-order valence-corrected chi connectivity index (χ0v) is 6.96. The first-order valence-corrected chi connectivity index (χ1v) is 4.30. The second kappa shape index (κ2) is 2.88. The van der Waals surface area contributed by atoms with E-state index in [0.29, 0.717) is 6.54 Å². The van der Waals surface area contributed by atoms with Crippen molar-refractivity contribution in [3.8, 4) is 0 Å². The fraction of sp³-hybridized carbons (Fsp3) is 0.400. The van der Waals surface area contributed by atoms with Gasteiger partial charge in [0, 0.05) is 6.54 Å². The van der Waals surface area contributed by atoms with Crippen LogP contribution >= 0.6 is 0 Å². The van der Waals surface area contributed by atoms with Gasteiger partial charge in [-0.05, 0) is 18.5 Å². The Balaban J connectivity index is 2.29. The first kappa shape index (κ1) is 7.77. The Kier molecular flexibility index (Phi) is 1.87. The molecule has 0 saturated carbocycles. The van der Waals surface area contributed by atoms with Gasteiger partial charge in [0.15, 0.2) is 0 Å². The molecule has 1 aliphatic heterocycles. The van der Waals surface area contributed by atoms with Crippen LogP contribution < -0.4 is 5.32 Å². The number of nitrogens with one attached hydrogen (secondary N) is 1. The Hall–Kier alpha value is -0.860. The molecular weight excluding hydrogens is 150 g/mol. The highest BCUT2D eigenvalue weighted by Gasteiger charge is 2.32. The Morgan fingerprint density at radius 2 is 2.00 bits per heavy atom. The highest BCUT2D eigenvalue weighted by Crippen LogP contribution is 2.26. The SMILES string of the molecule is OC1(c2ccccc2)CCNC1. The van der Waals surface area contributed by atoms with Crippen LogP contribution in [0, 0.1) is 0 Å². The number of rotatable bonds is 1. The topological polar surface area (TPSA) is 32.3 Å². The molecule has 1 aromatic carbocycles. The van der Waals surface area contributed by atoms with Crippen molar-refractivity contribution in [2.75, 3.05) is 13.1 Å². The molecule has 0 aliphatic carbocycles. The summed E-state index contributed by atoms with van der Waals surface area (Å²) < 4.78 is 0. The third kappa shape index (κ3) is 1.24. The second-order valence-electron chi connectivity index (χ2n) is 3.32. The Morgan fingerprint density at radius 1 is 1.25 bits per heavy atom. The summed E-state index contributed by atoms with van der Waals surface area (Å²) in [5.74, 6) is 0. The van der Waals surface area contributed by atoms with Crippen molar-refractivity contribution in [3.63, 3.8) is 0 Å². The third-order valence-corrected chi connectivity index (χ3v) is 2.44. The highest BCUT2D eigenvalue weighted by atomic mass is 16.3. The molecule has 64 valence electrons. The minimum Gasteiger partial charge on any atom is -0.384 e. The molecule has 1 heterocycles. The molecule has 12 heavy (non-hydrogen) atoms. The summed E-state index contributed by atoms with van der Waals surface area (Å²) in [7, 11) is 0. The largest absolute Gasteiger partial charge is 0.384 e. The van der Waals surface area contributed by atoms with Gasteiger partial charge >= 0.3 is 0 Å². The Labute approximate surface area is 72.2 Å². The van der Waals surface area contributed by atoms with Crippen LogP contribution in [0.15, 0.2) is 30.3 Å². The molecule has 0 spiro atoms. The van der Waals surface area contributed by atoms with E-state index in [2.05, 4.69) is 5.32 Å². The van der Waals surface area contributed by atoms with Gasteiger partial charge in [0.05, 0.1) is 0 Å². The molecule has 1 saturated heterocycles. The van der Waals surface area contributed by atoms with E-state index in [0.717, 1.165) is 18.5 Å². The third-order valence-electron chi connectivity index (χ3n) is 2.44. The van der Waals surface area contributed by atoms with E-state index in [-0.39, 0.29) is 0 Å². The number of hydrogen-bond acceptors (Lipinski definition) is 2. The molecule has 1 atom stereocenters. The van der Waals surface area contributed by atoms with Crippen LogP contribution in [0.25, 0.3) is 0 Å². The van der Waals surface area contributed by atoms with Gasteiger partial charge in [-0.1, -0.05) is 30.3 Å². The lowest BCUT2D eigenvalue weighted by Gasteiger charge is -2.21. The molecule has 2 rings (SSSR count). The van der Waals surface area contributed by atoms with Gasteiger partial charge in [0.1, 0.15) is 5.60 Å². The molecule has 0 aromatic heterocycles. The first-order chi connectivity index (χ1) is 5.81. The van der Waals surface area contributed by atoms with Gasteiger partial charge in [0.2, 0.25) is 0 Å². The van der Waals surface area contributed by atoms with Crippen molar-refractivity contribution in [1.29, 1.82) is 0 Å². The van der Waals surface area contributed by atoms with Gasteiger partial charge in [-0.3, -0.25) is 0 Å². The van der Waals surface area contributed by atoms with Crippen molar-refractivity contribution in [2.24, 2.45) is 0 Å². The van der Waals surface area contributed by atoms with E-state index < -0.39 is 5.60 Å². The quantitative estimate of drug-likeness (QED) is 0.643. The summed E-state index contributed by atoms with van der Waals surface area (Å²) in [6.07, 6.45) is 0.816. The van der Waals surface area contributed by atoms with Crippen LogP contribution in [-0.2, 0) is 5.60 Å². The normalized spacial score (nSPS) is 29.1. The molecular formula is C10H13NO. The fourth-order valence-corrected chi connectivity index (χ4v) is 1.67. The Morgan fingerprint density at radius 3 is 2.58 bits per heavy atom. The summed E-state index contributed by atoms with van der Waals surface area (Å²) in [6, 6.07) is 9.85. The maximum Gasteiger partial charge on any atom is 0.103 e. The molecule has 2 heteroatoms. The monoisotopic (exact) mass is 163 g/mol. The highest BCUT2D eigenvalue weighted by molar-refractivity contribution is 5.23. The van der Waals surface area contributed by atoms with Crippen molar-refractivity contribution in [3.05, 3.63) is 35.9 Å². The van der Waals surface area contributed by atoms with E-state index in [9.17, 15) is 5.11 Å². The van der Waals surface area contributed by atoms with Crippen LogP contribution in [0.4, 0.5) is 0 Å².